The van der Waals surface area contributed by atoms with Crippen molar-refractivity contribution >= 4 is 28.3 Å². The number of hydrogen-bond acceptors (Lipinski definition) is 1. The average Bonchev–Trinajstić information content (AvgIpc) is 2.04. The summed E-state index contributed by atoms with van der Waals surface area (Å²) < 4.78 is 14.1. The smallest absolute Gasteiger partial charge is 0.129 e. The molecule has 1 nitrogen and oxygen atoms in total. The van der Waals surface area contributed by atoms with Crippen LogP contribution < -0.4 is 5.73 Å². The first-order valence-corrected chi connectivity index (χ1v) is 5.15. The van der Waals surface area contributed by atoms with Crippen molar-refractivity contribution in [2.24, 2.45) is 5.73 Å². The average molecular weight is 283 g/mol. The molecule has 0 radical (unpaired) electrons. The molecule has 2 N–H and O–H groups in total. The van der Waals surface area contributed by atoms with Gasteiger partial charge in [-0.05, 0) is 18.6 Å². The van der Waals surface area contributed by atoms with Crippen molar-refractivity contribution < 1.29 is 4.39 Å². The maximum Gasteiger partial charge on any atom is 0.129 e. The number of halogens is 3. The molecule has 0 aliphatic heterocycles. The van der Waals surface area contributed by atoms with E-state index >= 15 is 0 Å². The van der Waals surface area contributed by atoms with Gasteiger partial charge in [-0.2, -0.15) is 0 Å². The van der Waals surface area contributed by atoms with Crippen molar-refractivity contribution in [1.29, 1.82) is 0 Å². The minimum atomic E-state index is -0.227. The summed E-state index contributed by atoms with van der Waals surface area (Å²) in [5.41, 5.74) is 6.40. The minimum absolute atomic E-state index is 0. The van der Waals surface area contributed by atoms with E-state index in [4.69, 9.17) is 5.73 Å². The Labute approximate surface area is 98.4 Å². The van der Waals surface area contributed by atoms with Gasteiger partial charge in [0, 0.05) is 16.1 Å². The van der Waals surface area contributed by atoms with Crippen LogP contribution in [0.25, 0.3) is 0 Å². The van der Waals surface area contributed by atoms with Gasteiger partial charge >= 0.3 is 0 Å². The van der Waals surface area contributed by atoms with Crippen LogP contribution in [0.1, 0.15) is 31.4 Å². The van der Waals surface area contributed by atoms with E-state index in [1.807, 2.05) is 13.0 Å². The highest BCUT2D eigenvalue weighted by Gasteiger charge is 2.09. The highest BCUT2D eigenvalue weighted by atomic mass is 79.9. The van der Waals surface area contributed by atoms with Crippen LogP contribution in [0, 0.1) is 5.82 Å². The molecule has 0 spiro atoms. The lowest BCUT2D eigenvalue weighted by Gasteiger charge is -2.11. The quantitative estimate of drug-likeness (QED) is 0.896. The lowest BCUT2D eigenvalue weighted by molar-refractivity contribution is 0.559. The van der Waals surface area contributed by atoms with Gasteiger partial charge in [0.05, 0.1) is 0 Å². The van der Waals surface area contributed by atoms with Gasteiger partial charge in [0.25, 0.3) is 0 Å². The largest absolute Gasteiger partial charge is 0.324 e. The predicted molar refractivity (Wildman–Crippen MR) is 63.2 cm³/mol. The molecule has 1 aromatic carbocycles. The Hall–Kier alpha value is -0.120. The first-order valence-electron chi connectivity index (χ1n) is 4.35. The predicted octanol–water partition coefficient (Wildman–Crippen LogP) is 3.81. The topological polar surface area (TPSA) is 26.0 Å². The maximum absolute atomic E-state index is 13.3. The van der Waals surface area contributed by atoms with Gasteiger partial charge in [0.1, 0.15) is 5.82 Å². The van der Waals surface area contributed by atoms with Crippen LogP contribution in [-0.2, 0) is 0 Å². The first kappa shape index (κ1) is 13.9. The molecule has 80 valence electrons. The van der Waals surface area contributed by atoms with Crippen molar-refractivity contribution in [2.45, 2.75) is 25.8 Å². The molecule has 0 saturated carbocycles. The summed E-state index contributed by atoms with van der Waals surface area (Å²) in [6.07, 6.45) is 1.79. The van der Waals surface area contributed by atoms with Crippen molar-refractivity contribution in [3.8, 4) is 0 Å². The number of nitrogens with two attached hydrogens (primary N) is 1. The van der Waals surface area contributed by atoms with Gasteiger partial charge < -0.3 is 5.73 Å². The fourth-order valence-electron chi connectivity index (χ4n) is 1.27. The second kappa shape index (κ2) is 6.38. The van der Waals surface area contributed by atoms with Crippen LogP contribution in [-0.4, -0.2) is 0 Å². The Balaban J connectivity index is 0.00000169. The molecule has 0 aliphatic carbocycles. The fraction of sp³-hybridized carbons (Fsp3) is 0.400. The van der Waals surface area contributed by atoms with Crippen LogP contribution >= 0.6 is 28.3 Å². The van der Waals surface area contributed by atoms with Crippen molar-refractivity contribution in [3.63, 3.8) is 0 Å². The van der Waals surface area contributed by atoms with Crippen molar-refractivity contribution in [2.75, 3.05) is 0 Å². The van der Waals surface area contributed by atoms with Crippen LogP contribution in [0.15, 0.2) is 22.7 Å². The van der Waals surface area contributed by atoms with Crippen molar-refractivity contribution in [3.05, 3.63) is 34.1 Å². The van der Waals surface area contributed by atoms with Crippen LogP contribution in [0.3, 0.4) is 0 Å². The van der Waals surface area contributed by atoms with Crippen LogP contribution in [0.2, 0.25) is 0 Å². The van der Waals surface area contributed by atoms with E-state index < -0.39 is 0 Å². The Morgan fingerprint density at radius 2 is 2.14 bits per heavy atom. The lowest BCUT2D eigenvalue weighted by Crippen LogP contribution is -2.11. The summed E-state index contributed by atoms with van der Waals surface area (Å²) in [7, 11) is 0. The summed E-state index contributed by atoms with van der Waals surface area (Å²) in [4.78, 5) is 0. The summed E-state index contributed by atoms with van der Waals surface area (Å²) in [5, 5.41) is 0. The summed E-state index contributed by atoms with van der Waals surface area (Å²) in [5.74, 6) is -0.227. The molecular formula is C10H14BrClFN. The summed E-state index contributed by atoms with van der Waals surface area (Å²) in [6.45, 7) is 2.04. The van der Waals surface area contributed by atoms with E-state index in [-0.39, 0.29) is 24.3 Å². The molecule has 1 aromatic rings. The second-order valence-corrected chi connectivity index (χ2v) is 3.98. The first-order chi connectivity index (χ1) is 6.15. The van der Waals surface area contributed by atoms with E-state index in [0.717, 1.165) is 17.3 Å². The van der Waals surface area contributed by atoms with Gasteiger partial charge in [-0.15, -0.1) is 12.4 Å². The Bertz CT molecular complexity index is 293. The third-order valence-corrected chi connectivity index (χ3v) is 2.45. The second-order valence-electron chi connectivity index (χ2n) is 3.06. The zero-order valence-electron chi connectivity index (χ0n) is 7.97. The van der Waals surface area contributed by atoms with Crippen LogP contribution in [0.4, 0.5) is 4.39 Å². The normalized spacial score (nSPS) is 12.0. The molecule has 0 aliphatic rings. The van der Waals surface area contributed by atoms with Crippen LogP contribution in [0.5, 0.6) is 0 Å². The summed E-state index contributed by atoms with van der Waals surface area (Å²) >= 11 is 3.20. The Kier molecular flexibility index (Phi) is 6.33. The molecule has 14 heavy (non-hydrogen) atoms. The molecular weight excluding hydrogens is 268 g/mol. The number of rotatable bonds is 3. The molecule has 0 saturated heterocycles. The number of hydrogen-bond donors (Lipinski definition) is 1. The van der Waals surface area contributed by atoms with E-state index in [0.29, 0.717) is 5.56 Å². The fourth-order valence-corrected chi connectivity index (χ4v) is 1.60. The third kappa shape index (κ3) is 3.56. The Morgan fingerprint density at radius 3 is 2.64 bits per heavy atom. The van der Waals surface area contributed by atoms with Gasteiger partial charge in [-0.1, -0.05) is 35.3 Å². The monoisotopic (exact) mass is 281 g/mol. The van der Waals surface area contributed by atoms with Gasteiger partial charge in [-0.25, -0.2) is 4.39 Å². The molecule has 0 unspecified atom stereocenters. The van der Waals surface area contributed by atoms with Crippen molar-refractivity contribution in [1.82, 2.24) is 0 Å². The van der Waals surface area contributed by atoms with E-state index in [1.54, 1.807) is 6.07 Å². The zero-order valence-corrected chi connectivity index (χ0v) is 10.4. The molecule has 4 heteroatoms. The zero-order chi connectivity index (χ0) is 9.84. The standard InChI is InChI=1S/C10H13BrFN.ClH/c1-2-3-10(13)8-5-4-7(11)6-9(8)12;/h4-6,10H,2-3,13H2,1H3;1H/t10-;/m0./s1. The molecule has 1 atom stereocenters. The maximum atomic E-state index is 13.3. The van der Waals surface area contributed by atoms with E-state index in [2.05, 4.69) is 15.9 Å². The molecule has 0 aromatic heterocycles. The molecule has 0 amide bonds. The molecule has 0 fully saturated rings. The van der Waals surface area contributed by atoms with Gasteiger partial charge in [-0.3, -0.25) is 0 Å². The molecule has 0 bridgehead atoms. The lowest BCUT2D eigenvalue weighted by atomic mass is 10.0. The molecule has 1 rings (SSSR count). The number of benzene rings is 1. The third-order valence-electron chi connectivity index (χ3n) is 1.96. The minimum Gasteiger partial charge on any atom is -0.324 e. The van der Waals surface area contributed by atoms with E-state index in [1.165, 1.54) is 6.07 Å². The van der Waals surface area contributed by atoms with Gasteiger partial charge in [0.2, 0.25) is 0 Å². The summed E-state index contributed by atoms with van der Waals surface area (Å²) in [6, 6.07) is 4.82. The Morgan fingerprint density at radius 1 is 1.50 bits per heavy atom. The molecule has 0 heterocycles. The highest BCUT2D eigenvalue weighted by Crippen LogP contribution is 2.22. The van der Waals surface area contributed by atoms with E-state index in [9.17, 15) is 4.39 Å². The SMILES string of the molecule is CCC[C@H](N)c1ccc(Br)cc1F.Cl. The van der Waals surface area contributed by atoms with Gasteiger partial charge in [0.15, 0.2) is 0 Å². The highest BCUT2D eigenvalue weighted by molar-refractivity contribution is 9.10.